The van der Waals surface area contributed by atoms with Crippen molar-refractivity contribution in [1.29, 1.82) is 0 Å². The highest BCUT2D eigenvalue weighted by Gasteiger charge is 2.29. The Bertz CT molecular complexity index is 932. The highest BCUT2D eigenvalue weighted by atomic mass is 16.6. The Hall–Kier alpha value is -3.09. The van der Waals surface area contributed by atoms with E-state index in [1.807, 2.05) is 22.9 Å². The van der Waals surface area contributed by atoms with Crippen molar-refractivity contribution in [2.75, 3.05) is 43.0 Å². The second-order valence-electron chi connectivity index (χ2n) is 8.92. The molecule has 0 unspecified atom stereocenters. The van der Waals surface area contributed by atoms with E-state index in [1.165, 1.54) is 31.0 Å². The minimum absolute atomic E-state index is 0.0355. The van der Waals surface area contributed by atoms with Crippen LogP contribution < -0.4 is 9.80 Å². The molecule has 2 saturated heterocycles. The number of amides is 1. The van der Waals surface area contributed by atoms with E-state index >= 15 is 0 Å². The summed E-state index contributed by atoms with van der Waals surface area (Å²) in [6, 6.07) is 15.4. The lowest BCUT2D eigenvalue weighted by atomic mass is 9.94. The Labute approximate surface area is 189 Å². The SMILES string of the molecule is CN(Cc1ccc(N2CCCCC2)cc1)C(=O)C1CCN(c2ccccc2[N+](=O)[O-])CC1. The van der Waals surface area contributed by atoms with Gasteiger partial charge in [-0.05, 0) is 55.9 Å². The summed E-state index contributed by atoms with van der Waals surface area (Å²) in [5, 5.41) is 11.3. The highest BCUT2D eigenvalue weighted by Crippen LogP contribution is 2.31. The van der Waals surface area contributed by atoms with E-state index in [2.05, 4.69) is 29.2 Å². The number of benzene rings is 2. The molecule has 4 rings (SSSR count). The van der Waals surface area contributed by atoms with Crippen molar-refractivity contribution < 1.29 is 9.72 Å². The summed E-state index contributed by atoms with van der Waals surface area (Å²) in [6.07, 6.45) is 5.26. The molecule has 0 atom stereocenters. The molecular formula is C25H32N4O3. The number of carbonyl (C=O) groups is 1. The molecule has 2 aromatic rings. The molecule has 0 spiro atoms. The lowest BCUT2D eigenvalue weighted by Gasteiger charge is -2.34. The number of hydrogen-bond acceptors (Lipinski definition) is 5. The van der Waals surface area contributed by atoms with Crippen LogP contribution in [-0.2, 0) is 11.3 Å². The standard InChI is InChI=1S/C25H32N4O3/c1-26(19-20-9-11-22(12-10-20)27-15-5-2-6-16-27)25(30)21-13-17-28(18-14-21)23-7-3-4-8-24(23)29(31)32/h3-4,7-12,21H,2,5-6,13-19H2,1H3. The molecule has 0 bridgehead atoms. The van der Waals surface area contributed by atoms with E-state index in [0.29, 0.717) is 38.2 Å². The molecule has 2 heterocycles. The first-order chi connectivity index (χ1) is 15.5. The molecule has 170 valence electrons. The smallest absolute Gasteiger partial charge is 0.292 e. The molecule has 0 aromatic heterocycles. The van der Waals surface area contributed by atoms with Crippen LogP contribution in [0.2, 0.25) is 0 Å². The second kappa shape index (κ2) is 10.0. The first-order valence-electron chi connectivity index (χ1n) is 11.6. The van der Waals surface area contributed by atoms with Crippen LogP contribution in [0.1, 0.15) is 37.7 Å². The van der Waals surface area contributed by atoms with Crippen molar-refractivity contribution in [3.8, 4) is 0 Å². The van der Waals surface area contributed by atoms with Crippen molar-refractivity contribution in [2.45, 2.75) is 38.6 Å². The van der Waals surface area contributed by atoms with Crippen LogP contribution in [0.3, 0.4) is 0 Å². The van der Waals surface area contributed by atoms with Crippen molar-refractivity contribution in [1.82, 2.24) is 4.90 Å². The summed E-state index contributed by atoms with van der Waals surface area (Å²) in [5.41, 5.74) is 3.18. The van der Waals surface area contributed by atoms with E-state index in [-0.39, 0.29) is 22.4 Å². The average Bonchev–Trinajstić information content (AvgIpc) is 2.84. The van der Waals surface area contributed by atoms with Crippen LogP contribution in [-0.4, -0.2) is 49.0 Å². The predicted octanol–water partition coefficient (Wildman–Crippen LogP) is 4.46. The van der Waals surface area contributed by atoms with Crippen LogP contribution in [0.4, 0.5) is 17.1 Å². The maximum atomic E-state index is 13.0. The van der Waals surface area contributed by atoms with Gasteiger partial charge in [0.1, 0.15) is 5.69 Å². The second-order valence-corrected chi connectivity index (χ2v) is 8.92. The summed E-state index contributed by atoms with van der Waals surface area (Å²) < 4.78 is 0. The van der Waals surface area contributed by atoms with Crippen molar-refractivity contribution in [2.24, 2.45) is 5.92 Å². The number of rotatable bonds is 6. The van der Waals surface area contributed by atoms with E-state index in [0.717, 1.165) is 18.7 Å². The van der Waals surface area contributed by atoms with E-state index in [4.69, 9.17) is 0 Å². The van der Waals surface area contributed by atoms with Gasteiger partial charge in [0.15, 0.2) is 0 Å². The Kier molecular flexibility index (Phi) is 6.93. The Morgan fingerprint density at radius 3 is 2.28 bits per heavy atom. The summed E-state index contributed by atoms with van der Waals surface area (Å²) in [5.74, 6) is 0.124. The number of carbonyl (C=O) groups excluding carboxylic acids is 1. The zero-order valence-electron chi connectivity index (χ0n) is 18.8. The number of nitro benzene ring substituents is 1. The molecule has 0 saturated carbocycles. The largest absolute Gasteiger partial charge is 0.372 e. The van der Waals surface area contributed by atoms with E-state index < -0.39 is 0 Å². The zero-order valence-corrected chi connectivity index (χ0v) is 18.8. The molecule has 2 aliphatic rings. The Morgan fingerprint density at radius 1 is 0.969 bits per heavy atom. The lowest BCUT2D eigenvalue weighted by Crippen LogP contribution is -2.41. The number of piperidine rings is 2. The normalized spacial score (nSPS) is 17.3. The van der Waals surface area contributed by atoms with Crippen molar-refractivity contribution in [3.63, 3.8) is 0 Å². The third kappa shape index (κ3) is 5.03. The molecule has 32 heavy (non-hydrogen) atoms. The van der Waals surface area contributed by atoms with E-state index in [9.17, 15) is 14.9 Å². The Balaban J connectivity index is 1.31. The van der Waals surface area contributed by atoms with Crippen LogP contribution in [0, 0.1) is 16.0 Å². The van der Waals surface area contributed by atoms with Gasteiger partial charge in [0.2, 0.25) is 5.91 Å². The zero-order chi connectivity index (χ0) is 22.5. The summed E-state index contributed by atoms with van der Waals surface area (Å²) in [6.45, 7) is 4.16. The molecule has 7 heteroatoms. The van der Waals surface area contributed by atoms with Gasteiger partial charge in [-0.3, -0.25) is 14.9 Å². The van der Waals surface area contributed by atoms with Crippen molar-refractivity contribution >= 4 is 23.0 Å². The van der Waals surface area contributed by atoms with Gasteiger partial charge in [-0.2, -0.15) is 0 Å². The maximum absolute atomic E-state index is 13.0. The number of nitro groups is 1. The molecule has 2 aliphatic heterocycles. The fourth-order valence-corrected chi connectivity index (χ4v) is 4.88. The third-order valence-electron chi connectivity index (χ3n) is 6.72. The average molecular weight is 437 g/mol. The molecule has 7 nitrogen and oxygen atoms in total. The summed E-state index contributed by atoms with van der Waals surface area (Å²) in [4.78, 5) is 30.3. The molecule has 0 radical (unpaired) electrons. The number of para-hydroxylation sites is 2. The number of nitrogens with zero attached hydrogens (tertiary/aromatic N) is 4. The molecule has 2 fully saturated rings. The molecule has 2 aromatic carbocycles. The summed E-state index contributed by atoms with van der Waals surface area (Å²) >= 11 is 0. The van der Waals surface area contributed by atoms with Gasteiger partial charge in [0.25, 0.3) is 5.69 Å². The molecular weight excluding hydrogens is 404 g/mol. The van der Waals surface area contributed by atoms with Gasteiger partial charge < -0.3 is 14.7 Å². The minimum Gasteiger partial charge on any atom is -0.372 e. The first kappa shape index (κ1) is 22.1. The monoisotopic (exact) mass is 436 g/mol. The topological polar surface area (TPSA) is 69.9 Å². The molecule has 0 N–H and O–H groups in total. The first-order valence-corrected chi connectivity index (χ1v) is 11.6. The third-order valence-corrected chi connectivity index (χ3v) is 6.72. The molecule has 1 amide bonds. The van der Waals surface area contributed by atoms with Gasteiger partial charge in [-0.25, -0.2) is 0 Å². The van der Waals surface area contributed by atoms with Gasteiger partial charge >= 0.3 is 0 Å². The van der Waals surface area contributed by atoms with Gasteiger partial charge in [0, 0.05) is 57.4 Å². The van der Waals surface area contributed by atoms with Gasteiger partial charge in [-0.15, -0.1) is 0 Å². The lowest BCUT2D eigenvalue weighted by molar-refractivity contribution is -0.384. The fraction of sp³-hybridized carbons (Fsp3) is 0.480. The van der Waals surface area contributed by atoms with Crippen LogP contribution in [0.15, 0.2) is 48.5 Å². The fourth-order valence-electron chi connectivity index (χ4n) is 4.88. The Morgan fingerprint density at radius 2 is 1.62 bits per heavy atom. The minimum atomic E-state index is -0.336. The van der Waals surface area contributed by atoms with Crippen molar-refractivity contribution in [3.05, 3.63) is 64.2 Å². The molecule has 0 aliphatic carbocycles. The maximum Gasteiger partial charge on any atom is 0.292 e. The van der Waals surface area contributed by atoms with Crippen LogP contribution in [0.5, 0.6) is 0 Å². The highest BCUT2D eigenvalue weighted by molar-refractivity contribution is 5.79. The van der Waals surface area contributed by atoms with Gasteiger partial charge in [-0.1, -0.05) is 24.3 Å². The number of anilines is 2. The van der Waals surface area contributed by atoms with Crippen LogP contribution >= 0.6 is 0 Å². The van der Waals surface area contributed by atoms with Gasteiger partial charge in [0.05, 0.1) is 4.92 Å². The van der Waals surface area contributed by atoms with E-state index in [1.54, 1.807) is 12.1 Å². The predicted molar refractivity (Wildman–Crippen MR) is 127 cm³/mol. The quantitative estimate of drug-likeness (QED) is 0.494. The number of hydrogen-bond donors (Lipinski definition) is 0. The van der Waals surface area contributed by atoms with Crippen LogP contribution in [0.25, 0.3) is 0 Å². The summed E-state index contributed by atoms with van der Waals surface area (Å²) in [7, 11) is 1.87.